The molecule has 1 aromatic carbocycles. The number of benzene rings is 1. The zero-order valence-electron chi connectivity index (χ0n) is 15.9. The molecule has 1 N–H and O–H groups in total. The van der Waals surface area contributed by atoms with E-state index in [1.54, 1.807) is 30.3 Å². The van der Waals surface area contributed by atoms with Crippen LogP contribution in [0.2, 0.25) is 0 Å². The van der Waals surface area contributed by atoms with Crippen molar-refractivity contribution in [3.8, 4) is 11.3 Å². The van der Waals surface area contributed by atoms with Crippen LogP contribution in [0.1, 0.15) is 48.7 Å². The number of alkyl halides is 3. The van der Waals surface area contributed by atoms with Gasteiger partial charge in [0.25, 0.3) is 5.91 Å². The fourth-order valence-corrected chi connectivity index (χ4v) is 3.86. The van der Waals surface area contributed by atoms with E-state index in [2.05, 4.69) is 22.3 Å². The summed E-state index contributed by atoms with van der Waals surface area (Å²) in [5.74, 6) is -0.113. The molecule has 0 bridgehead atoms. The predicted molar refractivity (Wildman–Crippen MR) is 102 cm³/mol. The Morgan fingerprint density at radius 3 is 2.59 bits per heavy atom. The highest BCUT2D eigenvalue weighted by atomic mass is 19.4. The number of fused-ring (bicyclic) bond motifs is 1. The maximum atomic E-state index is 13.7. The van der Waals surface area contributed by atoms with E-state index in [9.17, 15) is 18.0 Å². The summed E-state index contributed by atoms with van der Waals surface area (Å²) in [4.78, 5) is 17.2. The highest BCUT2D eigenvalue weighted by Gasteiger charge is 2.36. The smallest absolute Gasteiger partial charge is 0.349 e. The summed E-state index contributed by atoms with van der Waals surface area (Å²) in [6, 6.07) is 9.55. The number of hydrogen-bond donors (Lipinski definition) is 1. The molecule has 0 unspecified atom stereocenters. The van der Waals surface area contributed by atoms with Gasteiger partial charge in [0.15, 0.2) is 11.3 Å². The van der Waals surface area contributed by atoms with Crippen LogP contribution in [0.3, 0.4) is 0 Å². The number of halogens is 3. The van der Waals surface area contributed by atoms with Gasteiger partial charge in [0.05, 0.1) is 11.9 Å². The molecule has 1 amide bonds. The molecule has 0 radical (unpaired) electrons. The van der Waals surface area contributed by atoms with Crippen LogP contribution in [-0.2, 0) is 6.18 Å². The van der Waals surface area contributed by atoms with Gasteiger partial charge in [0.1, 0.15) is 5.56 Å². The lowest BCUT2D eigenvalue weighted by molar-refractivity contribution is -0.142. The Labute approximate surface area is 166 Å². The Bertz CT molecular complexity index is 1030. The van der Waals surface area contributed by atoms with Crippen molar-refractivity contribution in [2.24, 2.45) is 5.92 Å². The minimum atomic E-state index is -4.64. The van der Waals surface area contributed by atoms with Crippen LogP contribution in [0.25, 0.3) is 16.9 Å². The molecule has 2 heterocycles. The second kappa shape index (κ2) is 7.50. The zero-order valence-corrected chi connectivity index (χ0v) is 15.9. The molecule has 2 atom stereocenters. The Morgan fingerprint density at radius 2 is 1.90 bits per heavy atom. The average Bonchev–Trinajstić information content (AvgIpc) is 3.13. The van der Waals surface area contributed by atoms with E-state index in [0.29, 0.717) is 16.0 Å². The van der Waals surface area contributed by atoms with E-state index in [4.69, 9.17) is 0 Å². The van der Waals surface area contributed by atoms with Crippen molar-refractivity contribution in [1.82, 2.24) is 19.9 Å². The molecule has 1 saturated carbocycles. The first kappa shape index (κ1) is 19.4. The highest BCUT2D eigenvalue weighted by Crippen LogP contribution is 2.33. The fourth-order valence-electron chi connectivity index (χ4n) is 3.86. The number of aromatic nitrogens is 3. The van der Waals surface area contributed by atoms with Gasteiger partial charge in [-0.2, -0.15) is 18.3 Å². The van der Waals surface area contributed by atoms with Crippen LogP contribution in [0.4, 0.5) is 13.2 Å². The lowest BCUT2D eigenvalue weighted by Gasteiger charge is -2.29. The molecule has 4 rings (SSSR count). The van der Waals surface area contributed by atoms with E-state index >= 15 is 0 Å². The van der Waals surface area contributed by atoms with Gasteiger partial charge < -0.3 is 5.32 Å². The Kier molecular flexibility index (Phi) is 5.02. The second-order valence-corrected chi connectivity index (χ2v) is 7.53. The summed E-state index contributed by atoms with van der Waals surface area (Å²) < 4.78 is 41.7. The first-order valence-corrected chi connectivity index (χ1v) is 9.67. The Balaban J connectivity index is 1.78. The summed E-state index contributed by atoms with van der Waals surface area (Å²) in [5, 5.41) is 6.79. The van der Waals surface area contributed by atoms with Crippen molar-refractivity contribution in [2.45, 2.75) is 44.8 Å². The van der Waals surface area contributed by atoms with E-state index in [-0.39, 0.29) is 22.9 Å². The van der Waals surface area contributed by atoms with E-state index in [1.807, 2.05) is 0 Å². The van der Waals surface area contributed by atoms with Gasteiger partial charge in [-0.1, -0.05) is 50.1 Å². The van der Waals surface area contributed by atoms with Gasteiger partial charge in [-0.15, -0.1) is 0 Å². The highest BCUT2D eigenvalue weighted by molar-refractivity contribution is 6.00. The van der Waals surface area contributed by atoms with Gasteiger partial charge in [0.2, 0.25) is 0 Å². The summed E-state index contributed by atoms with van der Waals surface area (Å²) in [7, 11) is 0. The molecule has 2 aromatic heterocycles. The molecule has 3 aromatic rings. The number of carbonyl (C=O) groups is 1. The molecule has 8 heteroatoms. The lowest BCUT2D eigenvalue weighted by atomic mass is 9.86. The molecule has 152 valence electrons. The van der Waals surface area contributed by atoms with Crippen molar-refractivity contribution in [2.75, 3.05) is 0 Å². The Hall–Kier alpha value is -2.90. The second-order valence-electron chi connectivity index (χ2n) is 7.53. The van der Waals surface area contributed by atoms with Crippen LogP contribution in [0.15, 0.2) is 42.6 Å². The Morgan fingerprint density at radius 1 is 1.17 bits per heavy atom. The molecule has 1 aliphatic rings. The molecular weight excluding hydrogens is 381 g/mol. The average molecular weight is 402 g/mol. The quantitative estimate of drug-likeness (QED) is 0.689. The number of amides is 1. The van der Waals surface area contributed by atoms with Gasteiger partial charge in [-0.25, -0.2) is 9.50 Å². The SMILES string of the molecule is C[C@H]1CCCC[C@@H]1NC(=O)c1cnn2c(C(F)(F)F)cc(-c3ccccc3)nc12. The number of carbonyl (C=O) groups excluding carboxylic acids is 1. The number of rotatable bonds is 3. The molecular formula is C21H21F3N4O. The molecule has 5 nitrogen and oxygen atoms in total. The van der Waals surface area contributed by atoms with Crippen molar-refractivity contribution >= 4 is 11.6 Å². The standard InChI is InChI=1S/C21H21F3N4O/c1-13-7-5-6-10-16(13)27-20(29)15-12-25-28-18(21(22,23)24)11-17(26-19(15)28)14-8-3-2-4-9-14/h2-4,8-9,11-13,16H,5-7,10H2,1H3,(H,27,29)/t13-,16-/m0/s1. The first-order valence-electron chi connectivity index (χ1n) is 9.67. The third-order valence-electron chi connectivity index (χ3n) is 5.50. The van der Waals surface area contributed by atoms with E-state index < -0.39 is 17.8 Å². The predicted octanol–water partition coefficient (Wildman–Crippen LogP) is 4.72. The van der Waals surface area contributed by atoms with Gasteiger partial charge in [-0.3, -0.25) is 4.79 Å². The number of nitrogens with one attached hydrogen (secondary N) is 1. The molecule has 1 fully saturated rings. The number of nitrogens with zero attached hydrogens (tertiary/aromatic N) is 3. The van der Waals surface area contributed by atoms with Crippen molar-refractivity contribution < 1.29 is 18.0 Å². The monoisotopic (exact) mass is 402 g/mol. The van der Waals surface area contributed by atoms with Gasteiger partial charge in [-0.05, 0) is 24.8 Å². The van der Waals surface area contributed by atoms with Crippen LogP contribution in [-0.4, -0.2) is 26.5 Å². The fraction of sp³-hybridized carbons (Fsp3) is 0.381. The minimum Gasteiger partial charge on any atom is -0.349 e. The van der Waals surface area contributed by atoms with Gasteiger partial charge in [0, 0.05) is 11.6 Å². The third kappa shape index (κ3) is 3.83. The van der Waals surface area contributed by atoms with Crippen LogP contribution >= 0.6 is 0 Å². The van der Waals surface area contributed by atoms with Crippen LogP contribution in [0.5, 0.6) is 0 Å². The number of hydrogen-bond acceptors (Lipinski definition) is 3. The maximum Gasteiger partial charge on any atom is 0.433 e. The summed E-state index contributed by atoms with van der Waals surface area (Å²) in [6.07, 6.45) is 0.564. The van der Waals surface area contributed by atoms with Crippen molar-refractivity contribution in [3.05, 3.63) is 53.9 Å². The summed E-state index contributed by atoms with van der Waals surface area (Å²) in [5.41, 5.74) is -0.336. The molecule has 0 aliphatic heterocycles. The largest absolute Gasteiger partial charge is 0.433 e. The minimum absolute atomic E-state index is 0.00518. The third-order valence-corrected chi connectivity index (χ3v) is 5.50. The first-order chi connectivity index (χ1) is 13.8. The zero-order chi connectivity index (χ0) is 20.6. The molecule has 0 saturated heterocycles. The molecule has 1 aliphatic carbocycles. The molecule has 29 heavy (non-hydrogen) atoms. The summed E-state index contributed by atoms with van der Waals surface area (Å²) in [6.45, 7) is 2.08. The van der Waals surface area contributed by atoms with Crippen molar-refractivity contribution in [3.63, 3.8) is 0 Å². The topological polar surface area (TPSA) is 59.3 Å². The summed E-state index contributed by atoms with van der Waals surface area (Å²) >= 11 is 0. The van der Waals surface area contributed by atoms with E-state index in [0.717, 1.165) is 37.9 Å². The van der Waals surface area contributed by atoms with Crippen LogP contribution in [0, 0.1) is 5.92 Å². The van der Waals surface area contributed by atoms with Gasteiger partial charge >= 0.3 is 6.18 Å². The normalized spacial score (nSPS) is 20.0. The lowest BCUT2D eigenvalue weighted by Crippen LogP contribution is -2.41. The van der Waals surface area contributed by atoms with E-state index in [1.165, 1.54) is 0 Å². The van der Waals surface area contributed by atoms with Crippen molar-refractivity contribution in [1.29, 1.82) is 0 Å². The maximum absolute atomic E-state index is 13.7. The molecule has 0 spiro atoms. The van der Waals surface area contributed by atoms with Crippen LogP contribution < -0.4 is 5.32 Å².